The summed E-state index contributed by atoms with van der Waals surface area (Å²) in [6.07, 6.45) is 1.13. The van der Waals surface area contributed by atoms with Gasteiger partial charge in [-0.05, 0) is 48.9 Å². The van der Waals surface area contributed by atoms with E-state index in [4.69, 9.17) is 4.42 Å². The number of benzene rings is 2. The molecule has 1 heterocycles. The van der Waals surface area contributed by atoms with E-state index in [0.717, 1.165) is 6.39 Å². The average molecular weight is 314 g/mol. The van der Waals surface area contributed by atoms with Gasteiger partial charge in [-0.3, -0.25) is 4.79 Å². The van der Waals surface area contributed by atoms with Crippen LogP contribution in [0.5, 0.6) is 0 Å². The van der Waals surface area contributed by atoms with Gasteiger partial charge in [-0.1, -0.05) is 6.07 Å². The Hall–Kier alpha value is -3.02. The maximum absolute atomic E-state index is 13.5. The van der Waals surface area contributed by atoms with Gasteiger partial charge in [0, 0.05) is 11.3 Å². The van der Waals surface area contributed by atoms with Gasteiger partial charge in [-0.25, -0.2) is 13.8 Å². The summed E-state index contributed by atoms with van der Waals surface area (Å²) < 4.78 is 31.7. The highest BCUT2D eigenvalue weighted by atomic mass is 19.1. The minimum atomic E-state index is -0.540. The summed E-state index contributed by atoms with van der Waals surface area (Å²) in [5, 5.41) is 2.56. The van der Waals surface area contributed by atoms with Gasteiger partial charge >= 0.3 is 0 Å². The number of oxazole rings is 1. The fraction of sp³-hybridized carbons (Fsp3) is 0.0588. The smallest absolute Gasteiger partial charge is 0.278 e. The zero-order valence-electron chi connectivity index (χ0n) is 12.1. The number of anilines is 1. The lowest BCUT2D eigenvalue weighted by molar-refractivity contribution is 0.102. The fourth-order valence-electron chi connectivity index (χ4n) is 2.07. The Morgan fingerprint density at radius 3 is 2.57 bits per heavy atom. The van der Waals surface area contributed by atoms with Crippen molar-refractivity contribution in [2.24, 2.45) is 0 Å². The number of rotatable bonds is 3. The van der Waals surface area contributed by atoms with Gasteiger partial charge in [-0.15, -0.1) is 0 Å². The molecule has 0 saturated carbocycles. The van der Waals surface area contributed by atoms with Crippen molar-refractivity contribution < 1.29 is 18.0 Å². The monoisotopic (exact) mass is 314 g/mol. The summed E-state index contributed by atoms with van der Waals surface area (Å²) in [5.74, 6) is -1.13. The van der Waals surface area contributed by atoms with Gasteiger partial charge in [0.15, 0.2) is 17.8 Å². The number of carbonyl (C=O) groups is 1. The number of carbonyl (C=O) groups excluding carboxylic acids is 1. The van der Waals surface area contributed by atoms with Crippen molar-refractivity contribution >= 4 is 11.6 Å². The number of hydrogen-bond acceptors (Lipinski definition) is 3. The van der Waals surface area contributed by atoms with Crippen molar-refractivity contribution in [1.29, 1.82) is 0 Å². The number of nitrogens with zero attached hydrogens (tertiary/aromatic N) is 1. The molecule has 0 spiro atoms. The van der Waals surface area contributed by atoms with E-state index in [1.807, 2.05) is 0 Å². The molecule has 0 radical (unpaired) electrons. The number of nitrogens with one attached hydrogen (secondary N) is 1. The summed E-state index contributed by atoms with van der Waals surface area (Å²) >= 11 is 0. The fourth-order valence-corrected chi connectivity index (χ4v) is 2.07. The maximum atomic E-state index is 13.5. The molecule has 4 nitrogen and oxygen atoms in total. The van der Waals surface area contributed by atoms with Crippen LogP contribution in [0.3, 0.4) is 0 Å². The summed E-state index contributed by atoms with van der Waals surface area (Å²) in [6, 6.07) is 9.87. The molecule has 6 heteroatoms. The van der Waals surface area contributed by atoms with Crippen LogP contribution in [0, 0.1) is 18.6 Å². The van der Waals surface area contributed by atoms with Crippen LogP contribution in [0.4, 0.5) is 14.5 Å². The number of aromatic nitrogens is 1. The van der Waals surface area contributed by atoms with Crippen LogP contribution in [0.15, 0.2) is 53.3 Å². The first-order valence-corrected chi connectivity index (χ1v) is 6.81. The molecule has 1 aromatic heterocycles. The van der Waals surface area contributed by atoms with Crippen molar-refractivity contribution in [2.45, 2.75) is 6.92 Å². The predicted octanol–water partition coefficient (Wildman–Crippen LogP) is 4.18. The van der Waals surface area contributed by atoms with Crippen LogP contribution in [-0.4, -0.2) is 10.9 Å². The van der Waals surface area contributed by atoms with Crippen LogP contribution >= 0.6 is 0 Å². The quantitative estimate of drug-likeness (QED) is 0.789. The van der Waals surface area contributed by atoms with E-state index in [-0.39, 0.29) is 11.5 Å². The van der Waals surface area contributed by atoms with E-state index in [0.29, 0.717) is 16.8 Å². The lowest BCUT2D eigenvalue weighted by Gasteiger charge is -2.06. The summed E-state index contributed by atoms with van der Waals surface area (Å²) in [4.78, 5) is 16.2. The van der Waals surface area contributed by atoms with Gasteiger partial charge in [0.2, 0.25) is 0 Å². The van der Waals surface area contributed by atoms with E-state index < -0.39 is 17.5 Å². The zero-order chi connectivity index (χ0) is 16.4. The molecule has 23 heavy (non-hydrogen) atoms. The maximum Gasteiger partial charge on any atom is 0.278 e. The third-order valence-electron chi connectivity index (χ3n) is 3.32. The molecule has 1 N–H and O–H groups in total. The molecule has 2 aromatic carbocycles. The molecule has 3 aromatic rings. The van der Waals surface area contributed by atoms with Crippen molar-refractivity contribution in [1.82, 2.24) is 4.98 Å². The first-order chi connectivity index (χ1) is 11.0. The molecule has 0 aliphatic rings. The third-order valence-corrected chi connectivity index (χ3v) is 3.32. The first kappa shape index (κ1) is 14.9. The lowest BCUT2D eigenvalue weighted by atomic mass is 10.1. The molecule has 0 fully saturated rings. The highest BCUT2D eigenvalue weighted by Crippen LogP contribution is 2.24. The van der Waals surface area contributed by atoms with Crippen LogP contribution in [0.2, 0.25) is 0 Å². The van der Waals surface area contributed by atoms with E-state index in [1.165, 1.54) is 30.3 Å². The SMILES string of the molecule is Cc1ccc(NC(=O)c2ncoc2-c2ccc(F)cc2)cc1F. The molecule has 116 valence electrons. The molecule has 0 unspecified atom stereocenters. The summed E-state index contributed by atoms with van der Waals surface area (Å²) in [7, 11) is 0. The number of amides is 1. The third kappa shape index (κ3) is 3.11. The molecule has 0 bridgehead atoms. The molecule has 1 amide bonds. The summed E-state index contributed by atoms with van der Waals surface area (Å²) in [6.45, 7) is 1.63. The second-order valence-corrected chi connectivity index (χ2v) is 4.96. The van der Waals surface area contributed by atoms with E-state index >= 15 is 0 Å². The Balaban J connectivity index is 1.87. The molecule has 0 aliphatic carbocycles. The number of hydrogen-bond donors (Lipinski definition) is 1. The van der Waals surface area contributed by atoms with Crippen LogP contribution < -0.4 is 5.32 Å². The van der Waals surface area contributed by atoms with Gasteiger partial charge in [-0.2, -0.15) is 0 Å². The van der Waals surface area contributed by atoms with Gasteiger partial charge in [0.25, 0.3) is 5.91 Å². The van der Waals surface area contributed by atoms with Gasteiger partial charge in [0.1, 0.15) is 11.6 Å². The molecular formula is C17H12F2N2O2. The molecule has 3 rings (SSSR count). The summed E-state index contributed by atoms with van der Waals surface area (Å²) in [5.41, 5.74) is 1.35. The topological polar surface area (TPSA) is 55.1 Å². The molecular weight excluding hydrogens is 302 g/mol. The number of halogens is 2. The van der Waals surface area contributed by atoms with E-state index in [2.05, 4.69) is 10.3 Å². The Labute approximate surface area is 130 Å². The van der Waals surface area contributed by atoms with Crippen molar-refractivity contribution in [3.63, 3.8) is 0 Å². The predicted molar refractivity (Wildman–Crippen MR) is 81.0 cm³/mol. The minimum Gasteiger partial charge on any atom is -0.443 e. The molecule has 0 saturated heterocycles. The first-order valence-electron chi connectivity index (χ1n) is 6.81. The Bertz CT molecular complexity index is 857. The number of aryl methyl sites for hydroxylation is 1. The van der Waals surface area contributed by atoms with Gasteiger partial charge < -0.3 is 9.73 Å². The Morgan fingerprint density at radius 1 is 1.13 bits per heavy atom. The van der Waals surface area contributed by atoms with Crippen molar-refractivity contribution in [2.75, 3.05) is 5.32 Å². The average Bonchev–Trinajstić information content (AvgIpc) is 3.01. The molecule has 0 aliphatic heterocycles. The van der Waals surface area contributed by atoms with Crippen LogP contribution in [0.25, 0.3) is 11.3 Å². The van der Waals surface area contributed by atoms with Crippen LogP contribution in [0.1, 0.15) is 16.1 Å². The van der Waals surface area contributed by atoms with Crippen molar-refractivity contribution in [3.05, 3.63) is 71.8 Å². The van der Waals surface area contributed by atoms with Crippen LogP contribution in [-0.2, 0) is 0 Å². The standard InChI is InChI=1S/C17H12F2N2O2/c1-10-2-7-13(8-14(10)19)21-17(22)15-16(23-9-20-15)11-3-5-12(18)6-4-11/h2-9H,1H3,(H,21,22). The highest BCUT2D eigenvalue weighted by molar-refractivity contribution is 6.06. The lowest BCUT2D eigenvalue weighted by Crippen LogP contribution is -2.13. The second-order valence-electron chi connectivity index (χ2n) is 4.96. The largest absolute Gasteiger partial charge is 0.443 e. The van der Waals surface area contributed by atoms with E-state index in [9.17, 15) is 13.6 Å². The Morgan fingerprint density at radius 2 is 1.87 bits per heavy atom. The van der Waals surface area contributed by atoms with Gasteiger partial charge in [0.05, 0.1) is 0 Å². The molecule has 0 atom stereocenters. The second kappa shape index (κ2) is 6.00. The normalized spacial score (nSPS) is 10.6. The zero-order valence-corrected chi connectivity index (χ0v) is 12.1. The van der Waals surface area contributed by atoms with E-state index in [1.54, 1.807) is 19.1 Å². The highest BCUT2D eigenvalue weighted by Gasteiger charge is 2.18. The Kier molecular flexibility index (Phi) is 3.89. The van der Waals surface area contributed by atoms with Crippen molar-refractivity contribution in [3.8, 4) is 11.3 Å². The minimum absolute atomic E-state index is 0.0394.